The van der Waals surface area contributed by atoms with Crippen molar-refractivity contribution in [3.63, 3.8) is 0 Å². The Labute approximate surface area is 303 Å². The molecule has 6 heteroatoms. The number of esters is 2. The molecule has 0 heterocycles. The molecule has 0 aliphatic rings. The molecule has 4 nitrogen and oxygen atoms in total. The van der Waals surface area contributed by atoms with Gasteiger partial charge < -0.3 is 9.47 Å². The molecule has 0 aliphatic heterocycles. The van der Waals surface area contributed by atoms with Crippen LogP contribution in [0.3, 0.4) is 0 Å². The summed E-state index contributed by atoms with van der Waals surface area (Å²) in [5.41, 5.74) is 0. The van der Waals surface area contributed by atoms with Gasteiger partial charge in [0.25, 0.3) is 0 Å². The highest BCUT2D eigenvalue weighted by Crippen LogP contribution is 2.40. The first kappa shape index (κ1) is 38.8. The topological polar surface area (TPSA) is 52.6 Å². The molecule has 4 rings (SSSR count). The molecule has 264 valence electrons. The van der Waals surface area contributed by atoms with Gasteiger partial charge in [0.15, 0.2) is 0 Å². The Morgan fingerprint density at radius 1 is 0.460 bits per heavy atom. The lowest BCUT2D eigenvalue weighted by Gasteiger charge is -2.44. The molecule has 0 radical (unpaired) electrons. The fourth-order valence-electron chi connectivity index (χ4n) is 7.85. The van der Waals surface area contributed by atoms with E-state index in [9.17, 15) is 9.59 Å². The molecule has 0 fully saturated rings. The maximum atomic E-state index is 12.5. The molecule has 0 aromatic heterocycles. The van der Waals surface area contributed by atoms with E-state index in [1.807, 2.05) is 0 Å². The standard InChI is InChI=1S/C44H56O4Si2/c1-43(2,3)49(37-23-11-7-12-24-37,38-25-13-8-14-26-38)35-21-19-33-47-41(45)31-32-42(46)48-34-20-22-36-50(44(4,5)6,39-27-15-9-16-28-39)40-29-17-10-18-30-40/h7-18,23-32H,19-22,33-36H2,1-6H3/b32-31-. The molecule has 0 bridgehead atoms. The van der Waals surface area contributed by atoms with Crippen molar-refractivity contribution in [3.05, 3.63) is 133 Å². The van der Waals surface area contributed by atoms with Crippen LogP contribution >= 0.6 is 0 Å². The van der Waals surface area contributed by atoms with Crippen LogP contribution < -0.4 is 20.7 Å². The van der Waals surface area contributed by atoms with Gasteiger partial charge in [-0.1, -0.05) is 196 Å². The smallest absolute Gasteiger partial charge is 0.331 e. The van der Waals surface area contributed by atoms with E-state index < -0.39 is 28.1 Å². The summed E-state index contributed by atoms with van der Waals surface area (Å²) in [5, 5.41) is 5.91. The van der Waals surface area contributed by atoms with Gasteiger partial charge in [-0.05, 0) is 35.0 Å². The molecule has 0 saturated heterocycles. The van der Waals surface area contributed by atoms with Crippen LogP contribution in [0.25, 0.3) is 0 Å². The minimum Gasteiger partial charge on any atom is -0.463 e. The van der Waals surface area contributed by atoms with E-state index in [1.165, 1.54) is 32.9 Å². The lowest BCUT2D eigenvalue weighted by atomic mass is 10.2. The van der Waals surface area contributed by atoms with E-state index >= 15 is 0 Å². The first-order valence-corrected chi connectivity index (χ1v) is 22.6. The second-order valence-electron chi connectivity index (χ2n) is 15.4. The van der Waals surface area contributed by atoms with Gasteiger partial charge in [-0.2, -0.15) is 0 Å². The van der Waals surface area contributed by atoms with Gasteiger partial charge in [-0.3, -0.25) is 0 Å². The number of hydrogen-bond donors (Lipinski definition) is 0. The quantitative estimate of drug-likeness (QED) is 0.0510. The summed E-state index contributed by atoms with van der Waals surface area (Å²) in [6.07, 6.45) is 5.79. The SMILES string of the molecule is CC(C)(C)[Si](CCCCOC(=O)/C=C\C(=O)OCCCC[Si](c1ccccc1)(c1ccccc1)C(C)(C)C)(c1ccccc1)c1ccccc1. The van der Waals surface area contributed by atoms with Gasteiger partial charge >= 0.3 is 11.9 Å². The van der Waals surface area contributed by atoms with E-state index in [2.05, 4.69) is 163 Å². The Bertz CT molecular complexity index is 1440. The number of hydrogen-bond acceptors (Lipinski definition) is 4. The molecule has 0 amide bonds. The minimum absolute atomic E-state index is 0.0942. The molecule has 0 atom stereocenters. The summed E-state index contributed by atoms with van der Waals surface area (Å²) in [4.78, 5) is 24.9. The van der Waals surface area contributed by atoms with E-state index in [4.69, 9.17) is 9.47 Å². The van der Waals surface area contributed by atoms with Crippen molar-refractivity contribution in [1.29, 1.82) is 0 Å². The Kier molecular flexibility index (Phi) is 13.8. The maximum absolute atomic E-state index is 12.5. The molecule has 0 unspecified atom stereocenters. The third kappa shape index (κ3) is 9.40. The lowest BCUT2D eigenvalue weighted by molar-refractivity contribution is -0.140. The number of rotatable bonds is 16. The van der Waals surface area contributed by atoms with Gasteiger partial charge in [0.1, 0.15) is 16.1 Å². The number of benzene rings is 4. The molecule has 0 saturated carbocycles. The Hall–Kier alpha value is -4.01. The average molecular weight is 705 g/mol. The largest absolute Gasteiger partial charge is 0.463 e. The molecule has 0 aliphatic carbocycles. The van der Waals surface area contributed by atoms with Crippen molar-refractivity contribution in [1.82, 2.24) is 0 Å². The number of ether oxygens (including phenoxy) is 2. The molecule has 0 N–H and O–H groups in total. The average Bonchev–Trinajstić information content (AvgIpc) is 3.11. The summed E-state index contributed by atoms with van der Waals surface area (Å²) in [6, 6.07) is 45.8. The Morgan fingerprint density at radius 2 is 0.720 bits per heavy atom. The molecule has 4 aromatic carbocycles. The van der Waals surface area contributed by atoms with Crippen molar-refractivity contribution >= 4 is 48.8 Å². The lowest BCUT2D eigenvalue weighted by Crippen LogP contribution is -2.64. The predicted octanol–water partition coefficient (Wildman–Crippen LogP) is 8.32. The molecule has 50 heavy (non-hydrogen) atoms. The highest BCUT2D eigenvalue weighted by molar-refractivity contribution is 7.04. The van der Waals surface area contributed by atoms with Crippen LogP contribution in [0.4, 0.5) is 0 Å². The van der Waals surface area contributed by atoms with Crippen LogP contribution in [0.5, 0.6) is 0 Å². The molecule has 4 aromatic rings. The van der Waals surface area contributed by atoms with Gasteiger partial charge in [-0.15, -0.1) is 0 Å². The van der Waals surface area contributed by atoms with Crippen LogP contribution in [0.15, 0.2) is 133 Å². The third-order valence-corrected chi connectivity index (χ3v) is 23.0. The molecular formula is C44H56O4Si2. The molecule has 0 spiro atoms. The Balaban J connectivity index is 1.25. The highest BCUT2D eigenvalue weighted by atomic mass is 28.3. The third-order valence-electron chi connectivity index (χ3n) is 10.4. The van der Waals surface area contributed by atoms with E-state index in [0.29, 0.717) is 13.2 Å². The van der Waals surface area contributed by atoms with Crippen molar-refractivity contribution in [2.75, 3.05) is 13.2 Å². The summed E-state index contributed by atoms with van der Waals surface area (Å²) in [5.74, 6) is -1.03. The van der Waals surface area contributed by atoms with E-state index in [1.54, 1.807) is 0 Å². The van der Waals surface area contributed by atoms with Gasteiger partial charge in [0.05, 0.1) is 13.2 Å². The van der Waals surface area contributed by atoms with Crippen molar-refractivity contribution < 1.29 is 19.1 Å². The molecular weight excluding hydrogens is 649 g/mol. The predicted molar refractivity (Wildman–Crippen MR) is 214 cm³/mol. The van der Waals surface area contributed by atoms with Crippen molar-refractivity contribution in [2.45, 2.75) is 89.4 Å². The summed E-state index contributed by atoms with van der Waals surface area (Å²) in [7, 11) is -4.29. The second-order valence-corrected chi connectivity index (χ2v) is 25.3. The second kappa shape index (κ2) is 17.8. The minimum atomic E-state index is -2.14. The van der Waals surface area contributed by atoms with Gasteiger partial charge in [0.2, 0.25) is 0 Å². The highest BCUT2D eigenvalue weighted by Gasteiger charge is 2.47. The normalized spacial score (nSPS) is 12.5. The van der Waals surface area contributed by atoms with E-state index in [0.717, 1.165) is 37.8 Å². The zero-order valence-corrected chi connectivity index (χ0v) is 33.0. The summed E-state index contributed by atoms with van der Waals surface area (Å²) in [6.45, 7) is 14.8. The van der Waals surface area contributed by atoms with Crippen LogP contribution in [0, 0.1) is 0 Å². The first-order valence-electron chi connectivity index (χ1n) is 18.2. The Morgan fingerprint density at radius 3 is 0.960 bits per heavy atom. The van der Waals surface area contributed by atoms with Gasteiger partial charge in [-0.25, -0.2) is 9.59 Å². The summed E-state index contributed by atoms with van der Waals surface area (Å²) < 4.78 is 11.0. The number of carbonyl (C=O) groups excluding carboxylic acids is 2. The zero-order chi connectivity index (χ0) is 36.1. The number of carbonyl (C=O) groups is 2. The number of unbranched alkanes of at least 4 members (excludes halogenated alkanes) is 2. The fourth-order valence-corrected chi connectivity index (χ4v) is 19.2. The van der Waals surface area contributed by atoms with Crippen molar-refractivity contribution in [2.24, 2.45) is 0 Å². The summed E-state index contributed by atoms with van der Waals surface area (Å²) >= 11 is 0. The van der Waals surface area contributed by atoms with Crippen molar-refractivity contribution in [3.8, 4) is 0 Å². The van der Waals surface area contributed by atoms with Crippen LogP contribution in [-0.2, 0) is 19.1 Å². The monoisotopic (exact) mass is 704 g/mol. The maximum Gasteiger partial charge on any atom is 0.331 e. The van der Waals surface area contributed by atoms with Crippen LogP contribution in [0.2, 0.25) is 22.2 Å². The van der Waals surface area contributed by atoms with Crippen LogP contribution in [0.1, 0.15) is 67.2 Å². The fraction of sp³-hybridized carbons (Fsp3) is 0.364. The van der Waals surface area contributed by atoms with Crippen LogP contribution in [-0.4, -0.2) is 41.3 Å². The zero-order valence-electron chi connectivity index (χ0n) is 31.0. The van der Waals surface area contributed by atoms with E-state index in [-0.39, 0.29) is 10.1 Å². The van der Waals surface area contributed by atoms with Gasteiger partial charge in [0, 0.05) is 12.2 Å². The first-order chi connectivity index (χ1) is 23.9.